The number of carbonyl (C=O) groups is 1. The molecule has 0 aliphatic carbocycles. The Morgan fingerprint density at radius 2 is 2.16 bits per heavy atom. The summed E-state index contributed by atoms with van der Waals surface area (Å²) in [5, 5.41) is 2.62. The van der Waals surface area contributed by atoms with E-state index in [1.54, 1.807) is 45.1 Å². The summed E-state index contributed by atoms with van der Waals surface area (Å²) < 4.78 is 18.2. The molecule has 0 aromatic heterocycles. The summed E-state index contributed by atoms with van der Waals surface area (Å²) in [5.41, 5.74) is 0.0345. The van der Waals surface area contributed by atoms with Crippen molar-refractivity contribution in [1.82, 2.24) is 5.32 Å². The molecular formula is C14H17ClFNO2. The lowest BCUT2D eigenvalue weighted by Crippen LogP contribution is -2.32. The molecule has 0 saturated heterocycles. The molecule has 19 heavy (non-hydrogen) atoms. The number of rotatable bonds is 3. The molecule has 5 heteroatoms. The van der Waals surface area contributed by atoms with Crippen LogP contribution in [0.25, 0.3) is 6.08 Å². The first kappa shape index (κ1) is 15.5. The molecule has 1 aromatic rings. The van der Waals surface area contributed by atoms with Gasteiger partial charge in [0.05, 0.1) is 5.02 Å². The second-order valence-corrected chi connectivity index (χ2v) is 5.31. The van der Waals surface area contributed by atoms with Gasteiger partial charge in [-0.25, -0.2) is 9.18 Å². The lowest BCUT2D eigenvalue weighted by atomic mass is 10.2. The van der Waals surface area contributed by atoms with Crippen LogP contribution in [0.5, 0.6) is 0 Å². The fourth-order valence-electron chi connectivity index (χ4n) is 1.29. The third kappa shape index (κ3) is 5.75. The van der Waals surface area contributed by atoms with Crippen LogP contribution in [0.15, 0.2) is 24.3 Å². The summed E-state index contributed by atoms with van der Waals surface area (Å²) in [6.45, 7) is 5.64. The standard InChI is InChI=1S/C14H17ClFNO2/c1-14(2,3)19-13(18)17-9-5-7-10-6-4-8-11(16)12(10)15/h4-8H,9H2,1-3H3,(H,17,18). The van der Waals surface area contributed by atoms with Gasteiger partial charge >= 0.3 is 6.09 Å². The Labute approximate surface area is 117 Å². The summed E-state index contributed by atoms with van der Waals surface area (Å²) in [7, 11) is 0. The maximum atomic E-state index is 13.1. The molecule has 1 N–H and O–H groups in total. The third-order valence-electron chi connectivity index (χ3n) is 2.04. The molecule has 0 spiro atoms. The van der Waals surface area contributed by atoms with E-state index in [1.165, 1.54) is 6.07 Å². The van der Waals surface area contributed by atoms with E-state index in [0.717, 1.165) is 0 Å². The topological polar surface area (TPSA) is 38.3 Å². The van der Waals surface area contributed by atoms with Crippen molar-refractivity contribution in [2.24, 2.45) is 0 Å². The Kier molecular flexibility index (Phi) is 5.36. The van der Waals surface area contributed by atoms with Crippen molar-refractivity contribution in [2.75, 3.05) is 6.54 Å². The van der Waals surface area contributed by atoms with Gasteiger partial charge in [-0.1, -0.05) is 35.9 Å². The van der Waals surface area contributed by atoms with Crippen molar-refractivity contribution >= 4 is 23.8 Å². The number of hydrogen-bond acceptors (Lipinski definition) is 2. The molecule has 0 unspecified atom stereocenters. The third-order valence-corrected chi connectivity index (χ3v) is 2.44. The van der Waals surface area contributed by atoms with E-state index in [2.05, 4.69) is 5.32 Å². The van der Waals surface area contributed by atoms with Crippen LogP contribution < -0.4 is 5.32 Å². The van der Waals surface area contributed by atoms with Crippen molar-refractivity contribution in [2.45, 2.75) is 26.4 Å². The normalized spacial score (nSPS) is 11.6. The van der Waals surface area contributed by atoms with Crippen molar-refractivity contribution in [3.63, 3.8) is 0 Å². The highest BCUT2D eigenvalue weighted by atomic mass is 35.5. The van der Waals surface area contributed by atoms with E-state index in [4.69, 9.17) is 16.3 Å². The van der Waals surface area contributed by atoms with Gasteiger partial charge in [-0.15, -0.1) is 0 Å². The molecular weight excluding hydrogens is 269 g/mol. The number of ether oxygens (including phenoxy) is 1. The van der Waals surface area contributed by atoms with Gasteiger partial charge in [0.1, 0.15) is 11.4 Å². The maximum absolute atomic E-state index is 13.1. The van der Waals surface area contributed by atoms with Crippen LogP contribution in [0, 0.1) is 5.82 Å². The molecule has 3 nitrogen and oxygen atoms in total. The molecule has 0 heterocycles. The highest BCUT2D eigenvalue weighted by Crippen LogP contribution is 2.20. The second kappa shape index (κ2) is 6.57. The van der Waals surface area contributed by atoms with Gasteiger partial charge in [0.2, 0.25) is 0 Å². The van der Waals surface area contributed by atoms with Gasteiger partial charge < -0.3 is 10.1 Å². The summed E-state index contributed by atoms with van der Waals surface area (Å²) >= 11 is 5.78. The first-order valence-corrected chi connectivity index (χ1v) is 6.25. The van der Waals surface area contributed by atoms with Gasteiger partial charge in [-0.2, -0.15) is 0 Å². The molecule has 0 saturated carbocycles. The number of amides is 1. The molecule has 1 aromatic carbocycles. The Bertz CT molecular complexity index is 481. The van der Waals surface area contributed by atoms with Crippen LogP contribution in [0.3, 0.4) is 0 Å². The number of hydrogen-bond donors (Lipinski definition) is 1. The molecule has 0 aliphatic heterocycles. The van der Waals surface area contributed by atoms with Gasteiger partial charge in [0, 0.05) is 6.54 Å². The Hall–Kier alpha value is -1.55. The molecule has 1 amide bonds. The Morgan fingerprint density at radius 3 is 2.79 bits per heavy atom. The van der Waals surface area contributed by atoms with Crippen LogP contribution in [0.1, 0.15) is 26.3 Å². The van der Waals surface area contributed by atoms with Crippen molar-refractivity contribution in [3.8, 4) is 0 Å². The lowest BCUT2D eigenvalue weighted by molar-refractivity contribution is 0.0534. The molecule has 1 rings (SSSR count). The molecule has 0 atom stereocenters. The van der Waals surface area contributed by atoms with Gasteiger partial charge in [0.25, 0.3) is 0 Å². The van der Waals surface area contributed by atoms with Crippen LogP contribution in [-0.4, -0.2) is 18.2 Å². The zero-order chi connectivity index (χ0) is 14.5. The van der Waals surface area contributed by atoms with Gasteiger partial charge in [-0.05, 0) is 32.4 Å². The summed E-state index contributed by atoms with van der Waals surface area (Å²) in [6, 6.07) is 4.55. The SMILES string of the molecule is CC(C)(C)OC(=O)NCC=Cc1cccc(F)c1Cl. The van der Waals surface area contributed by atoms with Crippen molar-refractivity contribution < 1.29 is 13.9 Å². The number of alkyl carbamates (subject to hydrolysis) is 1. The zero-order valence-electron chi connectivity index (χ0n) is 11.2. The van der Waals surface area contributed by atoms with Gasteiger partial charge in [0.15, 0.2) is 0 Å². The second-order valence-electron chi connectivity index (χ2n) is 4.93. The number of nitrogens with one attached hydrogen (secondary N) is 1. The zero-order valence-corrected chi connectivity index (χ0v) is 11.9. The Balaban J connectivity index is 2.47. The van der Waals surface area contributed by atoms with E-state index in [9.17, 15) is 9.18 Å². The van der Waals surface area contributed by atoms with Crippen LogP contribution >= 0.6 is 11.6 Å². The Morgan fingerprint density at radius 1 is 1.47 bits per heavy atom. The fraction of sp³-hybridized carbons (Fsp3) is 0.357. The van der Waals surface area contributed by atoms with E-state index >= 15 is 0 Å². The lowest BCUT2D eigenvalue weighted by Gasteiger charge is -2.19. The van der Waals surface area contributed by atoms with Crippen LogP contribution in [0.2, 0.25) is 5.02 Å². The first-order chi connectivity index (χ1) is 8.79. The van der Waals surface area contributed by atoms with Gasteiger partial charge in [-0.3, -0.25) is 0 Å². The highest BCUT2D eigenvalue weighted by Gasteiger charge is 2.14. The maximum Gasteiger partial charge on any atom is 0.407 e. The number of halogens is 2. The molecule has 0 bridgehead atoms. The van der Waals surface area contributed by atoms with E-state index < -0.39 is 17.5 Å². The van der Waals surface area contributed by atoms with Crippen molar-refractivity contribution in [1.29, 1.82) is 0 Å². The molecule has 0 radical (unpaired) electrons. The minimum absolute atomic E-state index is 0.0658. The number of carbonyl (C=O) groups excluding carboxylic acids is 1. The number of benzene rings is 1. The summed E-state index contributed by atoms with van der Waals surface area (Å²) in [5.74, 6) is -0.469. The van der Waals surface area contributed by atoms with Crippen molar-refractivity contribution in [3.05, 3.63) is 40.7 Å². The predicted octanol–water partition coefficient (Wildman–Crippen LogP) is 4.02. The summed E-state index contributed by atoms with van der Waals surface area (Å²) in [6.07, 6.45) is 2.82. The van der Waals surface area contributed by atoms with E-state index in [-0.39, 0.29) is 11.6 Å². The quantitative estimate of drug-likeness (QED) is 0.911. The monoisotopic (exact) mass is 285 g/mol. The van der Waals surface area contributed by atoms with E-state index in [1.807, 2.05) is 0 Å². The average molecular weight is 286 g/mol. The van der Waals surface area contributed by atoms with Crippen LogP contribution in [0.4, 0.5) is 9.18 Å². The molecule has 0 fully saturated rings. The fourth-order valence-corrected chi connectivity index (χ4v) is 1.48. The predicted molar refractivity (Wildman–Crippen MR) is 74.7 cm³/mol. The molecule has 0 aliphatic rings. The minimum Gasteiger partial charge on any atom is -0.444 e. The first-order valence-electron chi connectivity index (χ1n) is 5.87. The largest absolute Gasteiger partial charge is 0.444 e. The summed E-state index contributed by atoms with van der Waals surface area (Å²) in [4.78, 5) is 11.3. The minimum atomic E-state index is -0.528. The molecule has 104 valence electrons. The average Bonchev–Trinajstić information content (AvgIpc) is 2.27. The van der Waals surface area contributed by atoms with E-state index in [0.29, 0.717) is 5.56 Å². The smallest absolute Gasteiger partial charge is 0.407 e. The highest BCUT2D eigenvalue weighted by molar-refractivity contribution is 6.32. The van der Waals surface area contributed by atoms with Crippen LogP contribution in [-0.2, 0) is 4.74 Å².